The molecule has 2 atom stereocenters. The average Bonchev–Trinajstić information content (AvgIpc) is 3.08. The third-order valence-electron chi connectivity index (χ3n) is 3.47. The number of hydrogen-bond acceptors (Lipinski definition) is 3. The van der Waals surface area contributed by atoms with Crippen LogP contribution in [0.3, 0.4) is 0 Å². The van der Waals surface area contributed by atoms with Gasteiger partial charge in [0.15, 0.2) is 0 Å². The van der Waals surface area contributed by atoms with Gasteiger partial charge >= 0.3 is 6.09 Å². The lowest BCUT2D eigenvalue weighted by Crippen LogP contribution is -2.42. The number of carbonyl (C=O) groups excluding carboxylic acids is 1. The zero-order valence-corrected chi connectivity index (χ0v) is 11.8. The van der Waals surface area contributed by atoms with Crippen molar-refractivity contribution in [1.29, 1.82) is 0 Å². The molecule has 0 aromatic carbocycles. The van der Waals surface area contributed by atoms with Gasteiger partial charge in [0.1, 0.15) is 5.60 Å². The summed E-state index contributed by atoms with van der Waals surface area (Å²) in [4.78, 5) is 13.9. The van der Waals surface area contributed by atoms with Crippen LogP contribution in [-0.2, 0) is 9.47 Å². The predicted molar refractivity (Wildman–Crippen MR) is 69.5 cm³/mol. The monoisotopic (exact) mass is 255 g/mol. The van der Waals surface area contributed by atoms with Gasteiger partial charge in [0.2, 0.25) is 0 Å². The zero-order valence-electron chi connectivity index (χ0n) is 11.8. The molecule has 2 heterocycles. The molecule has 1 unspecified atom stereocenters. The van der Waals surface area contributed by atoms with E-state index in [2.05, 4.69) is 0 Å². The Labute approximate surface area is 110 Å². The fraction of sp³-hybridized carbons (Fsp3) is 0.929. The second kappa shape index (κ2) is 5.47. The van der Waals surface area contributed by atoms with Crippen LogP contribution in [0, 0.1) is 5.92 Å². The van der Waals surface area contributed by atoms with Gasteiger partial charge in [0, 0.05) is 13.1 Å². The SMILES string of the molecule is CC(C)(C)OC(=O)N1CCCC(CC[C@H]2CO2)C1. The van der Waals surface area contributed by atoms with Crippen LogP contribution in [0.5, 0.6) is 0 Å². The molecule has 2 rings (SSSR count). The summed E-state index contributed by atoms with van der Waals surface area (Å²) in [6.45, 7) is 8.36. The molecule has 4 nitrogen and oxygen atoms in total. The molecule has 2 aliphatic rings. The highest BCUT2D eigenvalue weighted by Crippen LogP contribution is 2.26. The van der Waals surface area contributed by atoms with Crippen LogP contribution in [0.15, 0.2) is 0 Å². The molecule has 18 heavy (non-hydrogen) atoms. The Balaban J connectivity index is 1.76. The quantitative estimate of drug-likeness (QED) is 0.728. The van der Waals surface area contributed by atoms with E-state index < -0.39 is 5.60 Å². The van der Waals surface area contributed by atoms with Gasteiger partial charge in [-0.2, -0.15) is 0 Å². The minimum Gasteiger partial charge on any atom is -0.444 e. The molecule has 104 valence electrons. The fourth-order valence-electron chi connectivity index (χ4n) is 2.45. The van der Waals surface area contributed by atoms with Crippen molar-refractivity contribution >= 4 is 6.09 Å². The molecule has 0 spiro atoms. The summed E-state index contributed by atoms with van der Waals surface area (Å²) >= 11 is 0. The maximum absolute atomic E-state index is 12.0. The normalized spacial score (nSPS) is 28.1. The number of amides is 1. The van der Waals surface area contributed by atoms with E-state index in [1.807, 2.05) is 25.7 Å². The van der Waals surface area contributed by atoms with Gasteiger partial charge in [-0.15, -0.1) is 0 Å². The molecule has 0 N–H and O–H groups in total. The second-order valence-corrected chi connectivity index (χ2v) is 6.47. The largest absolute Gasteiger partial charge is 0.444 e. The van der Waals surface area contributed by atoms with Crippen LogP contribution in [0.1, 0.15) is 46.5 Å². The van der Waals surface area contributed by atoms with Gasteiger partial charge in [-0.3, -0.25) is 0 Å². The summed E-state index contributed by atoms with van der Waals surface area (Å²) in [6.07, 6.45) is 4.98. The van der Waals surface area contributed by atoms with Crippen molar-refractivity contribution in [3.63, 3.8) is 0 Å². The minimum absolute atomic E-state index is 0.158. The zero-order chi connectivity index (χ0) is 13.2. The minimum atomic E-state index is -0.397. The van der Waals surface area contributed by atoms with Crippen molar-refractivity contribution in [2.24, 2.45) is 5.92 Å². The molecular formula is C14H25NO3. The lowest BCUT2D eigenvalue weighted by molar-refractivity contribution is 0.0160. The highest BCUT2D eigenvalue weighted by atomic mass is 16.6. The van der Waals surface area contributed by atoms with Crippen LogP contribution >= 0.6 is 0 Å². The molecule has 0 bridgehead atoms. The molecule has 4 heteroatoms. The van der Waals surface area contributed by atoms with E-state index in [0.717, 1.165) is 32.5 Å². The summed E-state index contributed by atoms with van der Waals surface area (Å²) < 4.78 is 10.7. The van der Waals surface area contributed by atoms with E-state index in [-0.39, 0.29) is 6.09 Å². The van der Waals surface area contributed by atoms with Crippen molar-refractivity contribution in [3.05, 3.63) is 0 Å². The summed E-state index contributed by atoms with van der Waals surface area (Å²) in [5, 5.41) is 0. The number of hydrogen-bond donors (Lipinski definition) is 0. The molecule has 0 aliphatic carbocycles. The second-order valence-electron chi connectivity index (χ2n) is 6.47. The highest BCUT2D eigenvalue weighted by Gasteiger charge is 2.29. The summed E-state index contributed by atoms with van der Waals surface area (Å²) in [7, 11) is 0. The van der Waals surface area contributed by atoms with Crippen molar-refractivity contribution in [3.8, 4) is 0 Å². The van der Waals surface area contributed by atoms with Gasteiger partial charge in [0.05, 0.1) is 12.7 Å². The first-order valence-electron chi connectivity index (χ1n) is 7.03. The fourth-order valence-corrected chi connectivity index (χ4v) is 2.45. The van der Waals surface area contributed by atoms with Gasteiger partial charge in [-0.1, -0.05) is 0 Å². The summed E-state index contributed by atoms with van der Waals surface area (Å²) in [5.74, 6) is 0.621. The molecule has 0 aromatic rings. The smallest absolute Gasteiger partial charge is 0.410 e. The Morgan fingerprint density at radius 3 is 2.72 bits per heavy atom. The highest BCUT2D eigenvalue weighted by molar-refractivity contribution is 5.68. The molecule has 2 aliphatic heterocycles. The van der Waals surface area contributed by atoms with Gasteiger partial charge in [-0.05, 0) is 52.4 Å². The summed E-state index contributed by atoms with van der Waals surface area (Å²) in [6, 6.07) is 0. The standard InChI is InChI=1S/C14H25NO3/c1-14(2,3)18-13(16)15-8-4-5-11(9-15)6-7-12-10-17-12/h11-12H,4-10H2,1-3H3/t11?,12-/m0/s1. The van der Waals surface area contributed by atoms with Crippen LogP contribution in [0.2, 0.25) is 0 Å². The molecule has 0 saturated carbocycles. The first kappa shape index (κ1) is 13.7. The van der Waals surface area contributed by atoms with Crippen LogP contribution in [-0.4, -0.2) is 42.4 Å². The predicted octanol–water partition coefficient (Wildman–Crippen LogP) is 2.81. The first-order chi connectivity index (χ1) is 8.44. The van der Waals surface area contributed by atoms with E-state index in [0.29, 0.717) is 12.0 Å². The number of likely N-dealkylation sites (tertiary alicyclic amines) is 1. The van der Waals surface area contributed by atoms with Crippen LogP contribution in [0.4, 0.5) is 4.79 Å². The first-order valence-corrected chi connectivity index (χ1v) is 7.03. The third-order valence-corrected chi connectivity index (χ3v) is 3.47. The topological polar surface area (TPSA) is 42.1 Å². The van der Waals surface area contributed by atoms with Crippen molar-refractivity contribution in [1.82, 2.24) is 4.90 Å². The van der Waals surface area contributed by atoms with E-state index >= 15 is 0 Å². The Morgan fingerprint density at radius 2 is 2.11 bits per heavy atom. The van der Waals surface area contributed by atoms with Crippen LogP contribution in [0.25, 0.3) is 0 Å². The van der Waals surface area contributed by atoms with Crippen molar-refractivity contribution in [2.75, 3.05) is 19.7 Å². The van der Waals surface area contributed by atoms with Gasteiger partial charge in [0.25, 0.3) is 0 Å². The third kappa shape index (κ3) is 4.48. The van der Waals surface area contributed by atoms with E-state index in [1.165, 1.54) is 12.8 Å². The molecule has 2 saturated heterocycles. The number of piperidine rings is 1. The van der Waals surface area contributed by atoms with E-state index in [4.69, 9.17) is 9.47 Å². The summed E-state index contributed by atoms with van der Waals surface area (Å²) in [5.41, 5.74) is -0.397. The number of rotatable bonds is 3. The number of epoxide rings is 1. The number of nitrogens with zero attached hydrogens (tertiary/aromatic N) is 1. The Morgan fingerprint density at radius 1 is 1.39 bits per heavy atom. The Kier molecular flexibility index (Phi) is 4.15. The lowest BCUT2D eigenvalue weighted by atomic mass is 9.93. The molecule has 1 amide bonds. The lowest BCUT2D eigenvalue weighted by Gasteiger charge is -2.34. The molecule has 2 fully saturated rings. The van der Waals surface area contributed by atoms with E-state index in [9.17, 15) is 4.79 Å². The van der Waals surface area contributed by atoms with Crippen molar-refractivity contribution in [2.45, 2.75) is 58.2 Å². The van der Waals surface area contributed by atoms with Crippen LogP contribution < -0.4 is 0 Å². The van der Waals surface area contributed by atoms with Gasteiger partial charge in [-0.25, -0.2) is 4.79 Å². The number of carbonyl (C=O) groups is 1. The number of ether oxygens (including phenoxy) is 2. The Hall–Kier alpha value is -0.770. The average molecular weight is 255 g/mol. The molecular weight excluding hydrogens is 230 g/mol. The molecule has 0 aromatic heterocycles. The van der Waals surface area contributed by atoms with Crippen molar-refractivity contribution < 1.29 is 14.3 Å². The Bertz CT molecular complexity index is 294. The maximum Gasteiger partial charge on any atom is 0.410 e. The van der Waals surface area contributed by atoms with E-state index in [1.54, 1.807) is 0 Å². The van der Waals surface area contributed by atoms with Gasteiger partial charge < -0.3 is 14.4 Å². The maximum atomic E-state index is 12.0. The molecule has 0 radical (unpaired) electrons.